The van der Waals surface area contributed by atoms with E-state index < -0.39 is 0 Å². The van der Waals surface area contributed by atoms with Crippen molar-refractivity contribution in [2.75, 3.05) is 0 Å². The van der Waals surface area contributed by atoms with Crippen molar-refractivity contribution >= 4 is 23.4 Å². The van der Waals surface area contributed by atoms with E-state index in [0.29, 0.717) is 29.2 Å². The predicted molar refractivity (Wildman–Crippen MR) is 111 cm³/mol. The molecule has 0 aliphatic carbocycles. The van der Waals surface area contributed by atoms with Crippen LogP contribution in [0.3, 0.4) is 0 Å². The summed E-state index contributed by atoms with van der Waals surface area (Å²) in [5, 5.41) is 6.39. The Morgan fingerprint density at radius 2 is 1.32 bits per heavy atom. The summed E-state index contributed by atoms with van der Waals surface area (Å²) in [6, 6.07) is 21.9. The second-order valence-electron chi connectivity index (χ2n) is 6.56. The molecule has 3 aromatic carbocycles. The second kappa shape index (κ2) is 9.20. The molecule has 2 amide bonds. The van der Waals surface area contributed by atoms with Gasteiger partial charge in [-0.05, 0) is 48.4 Å². The van der Waals surface area contributed by atoms with Gasteiger partial charge in [-0.25, -0.2) is 0 Å². The van der Waals surface area contributed by atoms with E-state index in [2.05, 4.69) is 10.6 Å². The minimum Gasteiger partial charge on any atom is -0.348 e. The van der Waals surface area contributed by atoms with Crippen LogP contribution in [0.15, 0.2) is 72.8 Å². The summed E-state index contributed by atoms with van der Waals surface area (Å²) in [5.74, 6) is -0.447. The van der Waals surface area contributed by atoms with Gasteiger partial charge in [-0.3, -0.25) is 9.59 Å². The molecule has 0 atom stereocenters. The van der Waals surface area contributed by atoms with Gasteiger partial charge in [-0.1, -0.05) is 59.6 Å². The van der Waals surface area contributed by atoms with E-state index in [9.17, 15) is 9.59 Å². The Balaban J connectivity index is 1.59. The van der Waals surface area contributed by atoms with Crippen LogP contribution in [0.1, 0.15) is 37.4 Å². The molecule has 0 fully saturated rings. The molecule has 3 rings (SSSR count). The minimum atomic E-state index is -0.233. The SMILES string of the molecule is Cc1cccc(CNC(=O)c2cccc(C(=O)NCc3ccc(Cl)cc3)c2)c1. The normalized spacial score (nSPS) is 10.4. The summed E-state index contributed by atoms with van der Waals surface area (Å²) in [5.41, 5.74) is 4.02. The molecule has 4 nitrogen and oxygen atoms in total. The predicted octanol–water partition coefficient (Wildman–Crippen LogP) is 4.51. The number of amides is 2. The monoisotopic (exact) mass is 392 g/mol. The summed E-state index contributed by atoms with van der Waals surface area (Å²) in [4.78, 5) is 24.8. The number of carbonyl (C=O) groups excluding carboxylic acids is 2. The quantitative estimate of drug-likeness (QED) is 0.648. The van der Waals surface area contributed by atoms with Crippen molar-refractivity contribution in [1.82, 2.24) is 10.6 Å². The third kappa shape index (κ3) is 5.44. The molecule has 0 unspecified atom stereocenters. The van der Waals surface area contributed by atoms with Crippen molar-refractivity contribution in [3.63, 3.8) is 0 Å². The fraction of sp³-hybridized carbons (Fsp3) is 0.130. The summed E-state index contributed by atoms with van der Waals surface area (Å²) in [6.45, 7) is 2.84. The zero-order valence-electron chi connectivity index (χ0n) is 15.5. The highest BCUT2D eigenvalue weighted by Gasteiger charge is 2.10. The Bertz CT molecular complexity index is 984. The second-order valence-corrected chi connectivity index (χ2v) is 7.00. The molecular weight excluding hydrogens is 372 g/mol. The van der Waals surface area contributed by atoms with Gasteiger partial charge in [-0.15, -0.1) is 0 Å². The molecular formula is C23H21ClN2O2. The maximum atomic E-state index is 12.4. The van der Waals surface area contributed by atoms with Crippen LogP contribution in [-0.2, 0) is 13.1 Å². The van der Waals surface area contributed by atoms with Crippen LogP contribution >= 0.6 is 11.6 Å². The van der Waals surface area contributed by atoms with Crippen LogP contribution in [0, 0.1) is 6.92 Å². The number of hydrogen-bond acceptors (Lipinski definition) is 2. The third-order valence-corrected chi connectivity index (χ3v) is 4.54. The maximum absolute atomic E-state index is 12.4. The summed E-state index contributed by atoms with van der Waals surface area (Å²) in [6.07, 6.45) is 0. The van der Waals surface area contributed by atoms with Crippen molar-refractivity contribution in [2.45, 2.75) is 20.0 Å². The zero-order valence-corrected chi connectivity index (χ0v) is 16.3. The molecule has 0 saturated heterocycles. The molecule has 0 saturated carbocycles. The maximum Gasteiger partial charge on any atom is 0.251 e. The standard InChI is InChI=1S/C23H21ClN2O2/c1-16-4-2-5-18(12-16)15-26-23(28)20-7-3-6-19(13-20)22(27)25-14-17-8-10-21(24)11-9-17/h2-13H,14-15H2,1H3,(H,25,27)(H,26,28). The first kappa shape index (κ1) is 19.6. The lowest BCUT2D eigenvalue weighted by Gasteiger charge is -2.09. The lowest BCUT2D eigenvalue weighted by Crippen LogP contribution is -2.25. The Morgan fingerprint density at radius 1 is 0.750 bits per heavy atom. The van der Waals surface area contributed by atoms with Crippen LogP contribution in [0.2, 0.25) is 5.02 Å². The molecule has 0 heterocycles. The first-order valence-electron chi connectivity index (χ1n) is 8.98. The first-order valence-corrected chi connectivity index (χ1v) is 9.35. The number of halogens is 1. The van der Waals surface area contributed by atoms with E-state index in [1.807, 2.05) is 43.3 Å². The van der Waals surface area contributed by atoms with Gasteiger partial charge in [0.2, 0.25) is 0 Å². The van der Waals surface area contributed by atoms with E-state index in [1.54, 1.807) is 36.4 Å². The highest BCUT2D eigenvalue weighted by Crippen LogP contribution is 2.10. The van der Waals surface area contributed by atoms with Crippen molar-refractivity contribution in [2.24, 2.45) is 0 Å². The lowest BCUT2D eigenvalue weighted by atomic mass is 10.1. The smallest absolute Gasteiger partial charge is 0.251 e. The lowest BCUT2D eigenvalue weighted by molar-refractivity contribution is 0.0950. The molecule has 28 heavy (non-hydrogen) atoms. The highest BCUT2D eigenvalue weighted by atomic mass is 35.5. The van der Waals surface area contributed by atoms with Crippen molar-refractivity contribution < 1.29 is 9.59 Å². The molecule has 0 radical (unpaired) electrons. The van der Waals surface area contributed by atoms with Crippen LogP contribution in [-0.4, -0.2) is 11.8 Å². The van der Waals surface area contributed by atoms with Crippen LogP contribution < -0.4 is 10.6 Å². The Hall–Kier alpha value is -3.11. The van der Waals surface area contributed by atoms with Crippen molar-refractivity contribution in [3.05, 3.63) is 106 Å². The number of carbonyl (C=O) groups is 2. The first-order chi connectivity index (χ1) is 13.5. The number of aryl methyl sites for hydroxylation is 1. The molecule has 0 aliphatic rings. The van der Waals surface area contributed by atoms with Crippen molar-refractivity contribution in [1.29, 1.82) is 0 Å². The topological polar surface area (TPSA) is 58.2 Å². The number of hydrogen-bond donors (Lipinski definition) is 2. The van der Waals surface area contributed by atoms with E-state index in [1.165, 1.54) is 0 Å². The zero-order chi connectivity index (χ0) is 19.9. The summed E-state index contributed by atoms with van der Waals surface area (Å²) >= 11 is 5.86. The summed E-state index contributed by atoms with van der Waals surface area (Å²) < 4.78 is 0. The molecule has 0 spiro atoms. The highest BCUT2D eigenvalue weighted by molar-refractivity contribution is 6.30. The van der Waals surface area contributed by atoms with Crippen LogP contribution in [0.4, 0.5) is 0 Å². The average molecular weight is 393 g/mol. The average Bonchev–Trinajstić information content (AvgIpc) is 2.71. The molecule has 0 bridgehead atoms. The number of nitrogens with one attached hydrogen (secondary N) is 2. The molecule has 3 aromatic rings. The number of benzene rings is 3. The third-order valence-electron chi connectivity index (χ3n) is 4.29. The summed E-state index contributed by atoms with van der Waals surface area (Å²) in [7, 11) is 0. The van der Waals surface area contributed by atoms with Crippen LogP contribution in [0.5, 0.6) is 0 Å². The number of rotatable bonds is 6. The van der Waals surface area contributed by atoms with E-state index >= 15 is 0 Å². The molecule has 0 aliphatic heterocycles. The van der Waals surface area contributed by atoms with Gasteiger partial charge >= 0.3 is 0 Å². The Labute approximate surface area is 169 Å². The minimum absolute atomic E-state index is 0.214. The molecule has 5 heteroatoms. The van der Waals surface area contributed by atoms with Gasteiger partial charge in [0.1, 0.15) is 0 Å². The van der Waals surface area contributed by atoms with Gasteiger partial charge in [0.15, 0.2) is 0 Å². The van der Waals surface area contributed by atoms with Gasteiger partial charge < -0.3 is 10.6 Å². The van der Waals surface area contributed by atoms with E-state index in [4.69, 9.17) is 11.6 Å². The fourth-order valence-electron chi connectivity index (χ4n) is 2.79. The van der Waals surface area contributed by atoms with E-state index in [0.717, 1.165) is 16.7 Å². The van der Waals surface area contributed by atoms with Gasteiger partial charge in [0.25, 0.3) is 11.8 Å². The van der Waals surface area contributed by atoms with Gasteiger partial charge in [0.05, 0.1) is 0 Å². The Morgan fingerprint density at radius 3 is 1.93 bits per heavy atom. The van der Waals surface area contributed by atoms with Gasteiger partial charge in [-0.2, -0.15) is 0 Å². The molecule has 142 valence electrons. The largest absolute Gasteiger partial charge is 0.348 e. The van der Waals surface area contributed by atoms with Crippen molar-refractivity contribution in [3.8, 4) is 0 Å². The van der Waals surface area contributed by atoms with Crippen LogP contribution in [0.25, 0.3) is 0 Å². The molecule has 0 aromatic heterocycles. The van der Waals surface area contributed by atoms with Gasteiger partial charge in [0, 0.05) is 29.2 Å². The van der Waals surface area contributed by atoms with E-state index in [-0.39, 0.29) is 11.8 Å². The Kier molecular flexibility index (Phi) is 6.45. The molecule has 2 N–H and O–H groups in total. The fourth-order valence-corrected chi connectivity index (χ4v) is 2.92.